The van der Waals surface area contributed by atoms with E-state index in [0.29, 0.717) is 0 Å². The first-order chi connectivity index (χ1) is 9.40. The Morgan fingerprint density at radius 3 is 2.05 bits per heavy atom. The molecule has 0 fully saturated rings. The second-order valence-corrected chi connectivity index (χ2v) is 4.57. The highest BCUT2D eigenvalue weighted by atomic mass is 28.2. The molecule has 0 radical (unpaired) electrons. The average molecular weight is 317 g/mol. The molecule has 0 aromatic heterocycles. The number of ether oxygens (including phenoxy) is 1. The summed E-state index contributed by atoms with van der Waals surface area (Å²) in [6.45, 7) is -0.555. The van der Waals surface area contributed by atoms with Crippen LogP contribution in [-0.4, -0.2) is 33.9 Å². The summed E-state index contributed by atoms with van der Waals surface area (Å²) >= 11 is 0. The van der Waals surface area contributed by atoms with Crippen molar-refractivity contribution in [2.24, 2.45) is 0 Å². The van der Waals surface area contributed by atoms with Gasteiger partial charge in [-0.1, -0.05) is 0 Å². The number of halogens is 5. The Morgan fingerprint density at radius 2 is 1.55 bits per heavy atom. The van der Waals surface area contributed by atoms with Crippen LogP contribution in [0.1, 0.15) is 0 Å². The van der Waals surface area contributed by atoms with Crippen LogP contribution < -0.4 is 10.1 Å². The molecule has 0 heterocycles. The van der Waals surface area contributed by atoms with Crippen LogP contribution in [0.4, 0.5) is 26.7 Å². The van der Waals surface area contributed by atoms with Crippen LogP contribution in [-0.2, 0) is 4.43 Å². The number of hydrogen-bond acceptors (Lipinski definition) is 4. The fourth-order valence-electron chi connectivity index (χ4n) is 1.09. The summed E-state index contributed by atoms with van der Waals surface area (Å²) in [5.74, 6) is -13.0. The van der Waals surface area contributed by atoms with Gasteiger partial charge in [0.15, 0.2) is 9.76 Å². The number of benzene rings is 1. The van der Waals surface area contributed by atoms with Crippen LogP contribution >= 0.6 is 0 Å². The lowest BCUT2D eigenvalue weighted by Crippen LogP contribution is -2.32. The molecule has 20 heavy (non-hydrogen) atoms. The second kappa shape index (κ2) is 7.16. The van der Waals surface area contributed by atoms with Crippen molar-refractivity contribution in [2.75, 3.05) is 13.0 Å². The number of carbonyl (C=O) groups excluding carboxylic acids is 1. The van der Waals surface area contributed by atoms with Crippen molar-refractivity contribution in [3.63, 3.8) is 0 Å². The predicted molar refractivity (Wildman–Crippen MR) is 57.0 cm³/mol. The molecular formula is C9H8F5NO4Si. The Kier molecular flexibility index (Phi) is 5.85. The van der Waals surface area contributed by atoms with Crippen molar-refractivity contribution in [1.29, 1.82) is 0 Å². The Morgan fingerprint density at radius 1 is 1.05 bits per heavy atom. The van der Waals surface area contributed by atoms with Gasteiger partial charge in [-0.05, 0) is 0 Å². The van der Waals surface area contributed by atoms with E-state index in [-0.39, 0.29) is 6.17 Å². The van der Waals surface area contributed by atoms with Gasteiger partial charge in [-0.15, -0.1) is 0 Å². The maximum atomic E-state index is 13.1. The van der Waals surface area contributed by atoms with E-state index in [1.807, 2.05) is 5.32 Å². The van der Waals surface area contributed by atoms with Crippen LogP contribution in [0.25, 0.3) is 0 Å². The highest BCUT2D eigenvalue weighted by Crippen LogP contribution is 2.29. The van der Waals surface area contributed by atoms with Gasteiger partial charge >= 0.3 is 6.09 Å². The summed E-state index contributed by atoms with van der Waals surface area (Å²) in [4.78, 5) is 11.1. The number of nitrogens with one attached hydrogen (secondary N) is 1. The third-order valence-corrected chi connectivity index (χ3v) is 2.90. The van der Waals surface area contributed by atoms with E-state index >= 15 is 0 Å². The minimum absolute atomic E-state index is 0.0746. The summed E-state index contributed by atoms with van der Waals surface area (Å²) in [6, 6.07) is 0. The van der Waals surface area contributed by atoms with E-state index in [0.717, 1.165) is 0 Å². The molecule has 0 aliphatic heterocycles. The Bertz CT molecular complexity index is 487. The molecular weight excluding hydrogens is 309 g/mol. The number of hydrogen-bond donors (Lipinski definition) is 2. The normalized spacial score (nSPS) is 11.1. The lowest BCUT2D eigenvalue weighted by Gasteiger charge is -2.09. The van der Waals surface area contributed by atoms with Gasteiger partial charge in [0.05, 0.1) is 0 Å². The molecule has 11 heteroatoms. The van der Waals surface area contributed by atoms with Crippen molar-refractivity contribution in [3.05, 3.63) is 29.1 Å². The molecule has 0 saturated carbocycles. The van der Waals surface area contributed by atoms with Crippen molar-refractivity contribution in [3.8, 4) is 5.75 Å². The minimum atomic E-state index is -2.35. The van der Waals surface area contributed by atoms with E-state index in [9.17, 15) is 26.7 Å². The van der Waals surface area contributed by atoms with Crippen LogP contribution in [0, 0.1) is 29.1 Å². The Balaban J connectivity index is 2.80. The maximum Gasteiger partial charge on any atom is 0.412 e. The number of rotatable bonds is 5. The zero-order valence-corrected chi connectivity index (χ0v) is 11.1. The predicted octanol–water partition coefficient (Wildman–Crippen LogP) is 0.478. The third kappa shape index (κ3) is 3.65. The Labute approximate surface area is 111 Å². The lowest BCUT2D eigenvalue weighted by molar-refractivity contribution is 0.102. The van der Waals surface area contributed by atoms with Gasteiger partial charge in [-0.25, -0.2) is 18.0 Å². The number of carbonyl (C=O) groups is 1. The van der Waals surface area contributed by atoms with Crippen molar-refractivity contribution in [2.45, 2.75) is 0 Å². The van der Waals surface area contributed by atoms with Crippen molar-refractivity contribution in [1.82, 2.24) is 5.32 Å². The first-order valence-electron chi connectivity index (χ1n) is 5.05. The minimum Gasteiger partial charge on any atom is -0.404 e. The molecule has 0 saturated heterocycles. The van der Waals surface area contributed by atoms with E-state index in [1.54, 1.807) is 0 Å². The molecule has 1 aromatic rings. The summed E-state index contributed by atoms with van der Waals surface area (Å²) in [5.41, 5.74) is 0. The van der Waals surface area contributed by atoms with Crippen molar-refractivity contribution >= 4 is 15.9 Å². The molecule has 0 unspecified atom stereocenters. The first kappa shape index (κ1) is 16.3. The molecule has 0 bridgehead atoms. The van der Waals surface area contributed by atoms with Gasteiger partial charge in [0.25, 0.3) is 0 Å². The summed E-state index contributed by atoms with van der Waals surface area (Å²) < 4.78 is 73.1. The molecule has 2 N–H and O–H groups in total. The van der Waals surface area contributed by atoms with E-state index in [4.69, 9.17) is 5.11 Å². The fourth-order valence-corrected chi connectivity index (χ4v) is 1.67. The van der Waals surface area contributed by atoms with Gasteiger partial charge in [0.1, 0.15) is 6.79 Å². The largest absolute Gasteiger partial charge is 0.412 e. The van der Waals surface area contributed by atoms with Gasteiger partial charge < -0.3 is 19.6 Å². The molecule has 5 nitrogen and oxygen atoms in total. The standard InChI is InChI=1S/C9H8F5NO4Si/c10-3-4(11)6(13)8(7(14)5(3)12)19-9(17)15-1-20-18-2-16/h16H,1-2,20H2,(H,15,17). The third-order valence-electron chi connectivity index (χ3n) is 1.97. The monoisotopic (exact) mass is 317 g/mol. The second-order valence-electron chi connectivity index (χ2n) is 3.25. The quantitative estimate of drug-likeness (QED) is 0.207. The highest BCUT2D eigenvalue weighted by molar-refractivity contribution is 6.27. The van der Waals surface area contributed by atoms with Crippen molar-refractivity contribution < 1.29 is 41.0 Å². The number of amides is 1. The average Bonchev–Trinajstić information content (AvgIpc) is 2.44. The lowest BCUT2D eigenvalue weighted by atomic mass is 10.3. The molecule has 0 spiro atoms. The smallest absolute Gasteiger partial charge is 0.404 e. The fraction of sp³-hybridized carbons (Fsp3) is 0.222. The van der Waals surface area contributed by atoms with Crippen LogP contribution in [0.5, 0.6) is 5.75 Å². The molecule has 0 atom stereocenters. The summed E-state index contributed by atoms with van der Waals surface area (Å²) in [7, 11) is -1.32. The van der Waals surface area contributed by atoms with Crippen LogP contribution in [0.3, 0.4) is 0 Å². The van der Waals surface area contributed by atoms with E-state index in [1.165, 1.54) is 0 Å². The van der Waals surface area contributed by atoms with Gasteiger partial charge in [0, 0.05) is 6.17 Å². The molecule has 0 aliphatic rings. The first-order valence-corrected chi connectivity index (χ1v) is 6.63. The van der Waals surface area contributed by atoms with Gasteiger partial charge in [0.2, 0.25) is 34.8 Å². The zero-order valence-electron chi connectivity index (χ0n) is 9.68. The van der Waals surface area contributed by atoms with Gasteiger partial charge in [-0.2, -0.15) is 8.78 Å². The van der Waals surface area contributed by atoms with E-state index in [2.05, 4.69) is 9.16 Å². The van der Waals surface area contributed by atoms with Crippen LogP contribution in [0.15, 0.2) is 0 Å². The van der Waals surface area contributed by atoms with Gasteiger partial charge in [-0.3, -0.25) is 0 Å². The highest BCUT2D eigenvalue weighted by Gasteiger charge is 2.28. The van der Waals surface area contributed by atoms with E-state index < -0.39 is 57.5 Å². The topological polar surface area (TPSA) is 67.8 Å². The summed E-state index contributed by atoms with van der Waals surface area (Å²) in [5, 5.41) is 10.2. The molecule has 1 aromatic carbocycles. The molecule has 0 aliphatic carbocycles. The molecule has 1 amide bonds. The maximum absolute atomic E-state index is 13.1. The SMILES string of the molecule is O=C(NC[SiH2]OCO)Oc1c(F)c(F)c(F)c(F)c1F. The number of aliphatic hydroxyl groups is 1. The molecule has 1 rings (SSSR count). The molecule has 112 valence electrons. The number of aliphatic hydroxyl groups excluding tert-OH is 1. The zero-order chi connectivity index (χ0) is 15.3. The van der Waals surface area contributed by atoms with Crippen LogP contribution in [0.2, 0.25) is 0 Å². The summed E-state index contributed by atoms with van der Waals surface area (Å²) in [6.07, 6.45) is -1.49. The Hall–Kier alpha value is -1.72.